The van der Waals surface area contributed by atoms with Crippen LogP contribution in [0.15, 0.2) is 34.8 Å². The zero-order valence-corrected chi connectivity index (χ0v) is 22.0. The lowest BCUT2D eigenvalue weighted by molar-refractivity contribution is -0.166. The van der Waals surface area contributed by atoms with Gasteiger partial charge in [-0.15, -0.1) is 11.3 Å². The Bertz CT molecular complexity index is 1450. The van der Waals surface area contributed by atoms with Crippen LogP contribution in [0.2, 0.25) is 0 Å². The Morgan fingerprint density at radius 1 is 1.25 bits per heavy atom. The molecule has 5 rings (SSSR count). The third-order valence-corrected chi connectivity index (χ3v) is 7.83. The van der Waals surface area contributed by atoms with Gasteiger partial charge in [-0.25, -0.2) is 18.4 Å². The molecule has 15 heteroatoms. The second kappa shape index (κ2) is 10.7. The quantitative estimate of drug-likeness (QED) is 0.308. The van der Waals surface area contributed by atoms with Crippen LogP contribution in [0.25, 0.3) is 0 Å². The lowest BCUT2D eigenvalue weighted by atomic mass is 10.0. The van der Waals surface area contributed by atoms with Gasteiger partial charge in [0, 0.05) is 43.4 Å². The third-order valence-electron chi connectivity index (χ3n) is 6.82. The zero-order valence-electron chi connectivity index (χ0n) is 21.2. The van der Waals surface area contributed by atoms with Gasteiger partial charge in [0.2, 0.25) is 5.91 Å². The van der Waals surface area contributed by atoms with Crippen LogP contribution in [-0.2, 0) is 20.6 Å². The summed E-state index contributed by atoms with van der Waals surface area (Å²) in [6, 6.07) is 4.40. The molecule has 0 radical (unpaired) electrons. The maximum atomic E-state index is 14.2. The van der Waals surface area contributed by atoms with Gasteiger partial charge in [0.15, 0.2) is 24.2 Å². The lowest BCUT2D eigenvalue weighted by Crippen LogP contribution is -2.55. The first-order valence-corrected chi connectivity index (χ1v) is 13.1. The summed E-state index contributed by atoms with van der Waals surface area (Å²) in [6.07, 6.45) is -5.86. The molecule has 1 amide bonds. The maximum Gasteiger partial charge on any atom is 0.435 e. The number of aryl methyl sites for hydroxylation is 1. The molecule has 1 saturated heterocycles. The van der Waals surface area contributed by atoms with E-state index >= 15 is 0 Å². The van der Waals surface area contributed by atoms with Crippen molar-refractivity contribution in [1.82, 2.24) is 24.8 Å². The monoisotopic (exact) mass is 582 g/mol. The number of halogens is 5. The molecule has 2 aromatic heterocycles. The molecular formula is C25H23F5N6O3S. The zero-order chi connectivity index (χ0) is 28.8. The molecule has 1 fully saturated rings. The minimum atomic E-state index is -4.68. The summed E-state index contributed by atoms with van der Waals surface area (Å²) in [7, 11) is 0. The first-order chi connectivity index (χ1) is 19.0. The fourth-order valence-corrected chi connectivity index (χ4v) is 5.81. The van der Waals surface area contributed by atoms with E-state index in [2.05, 4.69) is 15.2 Å². The van der Waals surface area contributed by atoms with Crippen molar-refractivity contribution >= 4 is 29.2 Å². The standard InChI is InChI=1S/C25H23F5N6O3S/c1-13-8-21(25(28,29)30)32-36(13)22(11-37)34-7-6-15(10-35(34)14(2)38)24-31-19(12-40-24)18-9-20(39-33-18)23-16(26)4-3-5-17(23)27/h3-5,8,11-12,15,20,22H,6-7,9-10H2,1-2H3. The highest BCUT2D eigenvalue weighted by Crippen LogP contribution is 2.36. The molecule has 0 bridgehead atoms. The summed E-state index contributed by atoms with van der Waals surface area (Å²) in [6.45, 7) is 3.00. The highest BCUT2D eigenvalue weighted by Gasteiger charge is 2.39. The van der Waals surface area contributed by atoms with Crippen molar-refractivity contribution < 1.29 is 36.4 Å². The number of nitrogens with zero attached hydrogens (tertiary/aromatic N) is 6. The summed E-state index contributed by atoms with van der Waals surface area (Å²) in [4.78, 5) is 34.6. The highest BCUT2D eigenvalue weighted by atomic mass is 32.1. The summed E-state index contributed by atoms with van der Waals surface area (Å²) in [5.41, 5.74) is -0.316. The molecule has 9 nitrogen and oxygen atoms in total. The number of oxime groups is 1. The molecule has 212 valence electrons. The normalized spacial score (nSPS) is 20.8. The predicted octanol–water partition coefficient (Wildman–Crippen LogP) is 4.76. The minimum Gasteiger partial charge on any atom is -0.387 e. The van der Waals surface area contributed by atoms with E-state index < -0.39 is 41.7 Å². The second-order valence-corrected chi connectivity index (χ2v) is 10.3. The van der Waals surface area contributed by atoms with Crippen LogP contribution in [0.5, 0.6) is 0 Å². The van der Waals surface area contributed by atoms with E-state index in [-0.39, 0.29) is 36.7 Å². The van der Waals surface area contributed by atoms with Crippen LogP contribution in [0.4, 0.5) is 22.0 Å². The number of rotatable bonds is 6. The highest BCUT2D eigenvalue weighted by molar-refractivity contribution is 7.10. The Morgan fingerprint density at radius 3 is 2.60 bits per heavy atom. The van der Waals surface area contributed by atoms with Crippen molar-refractivity contribution in [2.45, 2.75) is 51.1 Å². The van der Waals surface area contributed by atoms with Crippen LogP contribution >= 0.6 is 11.3 Å². The fourth-order valence-electron chi connectivity index (χ4n) is 4.86. The van der Waals surface area contributed by atoms with Gasteiger partial charge in [0.05, 0.1) is 16.3 Å². The Kier molecular flexibility index (Phi) is 7.44. The van der Waals surface area contributed by atoms with E-state index in [4.69, 9.17) is 4.84 Å². The number of hydrogen-bond donors (Lipinski definition) is 0. The third kappa shape index (κ3) is 5.22. The van der Waals surface area contributed by atoms with E-state index in [0.29, 0.717) is 29.1 Å². The van der Waals surface area contributed by atoms with Gasteiger partial charge in [-0.05, 0) is 31.5 Å². The van der Waals surface area contributed by atoms with Crippen LogP contribution in [0, 0.1) is 18.6 Å². The summed E-state index contributed by atoms with van der Waals surface area (Å²) in [5, 5.41) is 12.7. The van der Waals surface area contributed by atoms with Gasteiger partial charge in [0.25, 0.3) is 0 Å². The van der Waals surface area contributed by atoms with Gasteiger partial charge in [-0.2, -0.15) is 23.3 Å². The molecule has 4 heterocycles. The molecular weight excluding hydrogens is 559 g/mol. The van der Waals surface area contributed by atoms with Gasteiger partial charge < -0.3 is 4.84 Å². The van der Waals surface area contributed by atoms with Crippen molar-refractivity contribution in [1.29, 1.82) is 0 Å². The van der Waals surface area contributed by atoms with Gasteiger partial charge in [-0.1, -0.05) is 11.2 Å². The molecule has 0 aliphatic carbocycles. The van der Waals surface area contributed by atoms with Crippen molar-refractivity contribution in [2.24, 2.45) is 5.16 Å². The topological polar surface area (TPSA) is 92.9 Å². The SMILES string of the molecule is CC(=O)N1CC(c2nc(C3=NOC(c4c(F)cccc4F)C3)cs2)CCN1C(C=O)n1nc(C(F)(F)F)cc1C. The Balaban J connectivity index is 1.31. The van der Waals surface area contributed by atoms with E-state index in [9.17, 15) is 31.5 Å². The Morgan fingerprint density at radius 2 is 1.98 bits per heavy atom. The molecule has 2 aliphatic rings. The molecule has 3 aromatic rings. The number of hydrogen-bond acceptors (Lipinski definition) is 8. The number of aromatic nitrogens is 3. The summed E-state index contributed by atoms with van der Waals surface area (Å²) >= 11 is 1.32. The first kappa shape index (κ1) is 27.8. The summed E-state index contributed by atoms with van der Waals surface area (Å²) in [5.74, 6) is -2.11. The molecule has 1 aromatic carbocycles. The molecule has 0 spiro atoms. The Hall–Kier alpha value is -3.72. The number of amides is 1. The number of thiazole rings is 1. The van der Waals surface area contributed by atoms with E-state index in [0.717, 1.165) is 22.9 Å². The number of alkyl halides is 3. The molecule has 3 unspecified atom stereocenters. The maximum absolute atomic E-state index is 14.2. The van der Waals surface area contributed by atoms with Crippen LogP contribution in [-0.4, -0.2) is 55.8 Å². The molecule has 0 saturated carbocycles. The van der Waals surface area contributed by atoms with E-state index in [1.54, 1.807) is 5.38 Å². The Labute approximate surface area is 228 Å². The largest absolute Gasteiger partial charge is 0.435 e. The number of carbonyl (C=O) groups excluding carboxylic acids is 2. The number of carbonyl (C=O) groups is 2. The first-order valence-electron chi connectivity index (χ1n) is 12.2. The van der Waals surface area contributed by atoms with E-state index in [1.807, 2.05) is 0 Å². The second-order valence-electron chi connectivity index (χ2n) is 9.46. The number of benzene rings is 1. The minimum absolute atomic E-state index is 0.114. The molecule has 40 heavy (non-hydrogen) atoms. The smallest absolute Gasteiger partial charge is 0.387 e. The molecule has 2 aliphatic heterocycles. The van der Waals surface area contributed by atoms with Crippen molar-refractivity contribution in [3.63, 3.8) is 0 Å². The van der Waals surface area contributed by atoms with Crippen molar-refractivity contribution in [2.75, 3.05) is 13.1 Å². The molecule has 3 atom stereocenters. The van der Waals surface area contributed by atoms with Crippen molar-refractivity contribution in [3.8, 4) is 0 Å². The van der Waals surface area contributed by atoms with Crippen LogP contribution in [0.1, 0.15) is 65.6 Å². The van der Waals surface area contributed by atoms with Gasteiger partial charge in [-0.3, -0.25) is 14.6 Å². The summed E-state index contributed by atoms with van der Waals surface area (Å²) < 4.78 is 68.9. The number of aldehydes is 1. The molecule has 0 N–H and O–H groups in total. The average molecular weight is 583 g/mol. The average Bonchev–Trinajstić information content (AvgIpc) is 3.65. The van der Waals surface area contributed by atoms with Gasteiger partial charge >= 0.3 is 6.18 Å². The van der Waals surface area contributed by atoms with Crippen LogP contribution < -0.4 is 0 Å². The van der Waals surface area contributed by atoms with Crippen LogP contribution in [0.3, 0.4) is 0 Å². The lowest BCUT2D eigenvalue weighted by Gasteiger charge is -2.43. The fraction of sp³-hybridized carbons (Fsp3) is 0.400. The predicted molar refractivity (Wildman–Crippen MR) is 132 cm³/mol. The van der Waals surface area contributed by atoms with Crippen molar-refractivity contribution in [3.05, 3.63) is 68.9 Å². The van der Waals surface area contributed by atoms with E-state index in [1.165, 1.54) is 41.3 Å². The number of hydrazine groups is 1. The van der Waals surface area contributed by atoms with Gasteiger partial charge in [0.1, 0.15) is 17.3 Å².